The first kappa shape index (κ1) is 13.5. The number of hydrogen-bond donors (Lipinski definition) is 0. The van der Waals surface area contributed by atoms with Gasteiger partial charge in [-0.2, -0.15) is 0 Å². The summed E-state index contributed by atoms with van der Waals surface area (Å²) < 4.78 is 29.4. The van der Waals surface area contributed by atoms with Gasteiger partial charge in [0.25, 0.3) is 0 Å². The van der Waals surface area contributed by atoms with Crippen molar-refractivity contribution in [3.63, 3.8) is 0 Å². The summed E-state index contributed by atoms with van der Waals surface area (Å²) >= 11 is 0. The Bertz CT molecular complexity index is 760. The van der Waals surface area contributed by atoms with Crippen molar-refractivity contribution in [3.05, 3.63) is 59.6 Å². The lowest BCUT2D eigenvalue weighted by Gasteiger charge is -2.06. The fourth-order valence-corrected chi connectivity index (χ4v) is 2.36. The van der Waals surface area contributed by atoms with Gasteiger partial charge in [0.1, 0.15) is 11.6 Å². The highest BCUT2D eigenvalue weighted by atomic mass is 19.1. The van der Waals surface area contributed by atoms with Crippen LogP contribution in [0.1, 0.15) is 11.3 Å². The van der Waals surface area contributed by atoms with E-state index in [9.17, 15) is 4.39 Å². The standard InChI is InChI=1S/C17H15FO3/c1-19-15-8-5-12-10-14(21-16(12)17(15)20-2)9-11-3-6-13(18)7-4-11/h3-8,10H,9H2,1-2H3. The quantitative estimate of drug-likeness (QED) is 0.721. The lowest BCUT2D eigenvalue weighted by molar-refractivity contribution is 0.352. The highest BCUT2D eigenvalue weighted by molar-refractivity contribution is 5.86. The molecule has 3 rings (SSSR count). The highest BCUT2D eigenvalue weighted by Gasteiger charge is 2.14. The minimum atomic E-state index is -0.241. The number of fused-ring (bicyclic) bond motifs is 1. The lowest BCUT2D eigenvalue weighted by atomic mass is 10.1. The maximum Gasteiger partial charge on any atom is 0.204 e. The molecule has 0 saturated carbocycles. The van der Waals surface area contributed by atoms with Gasteiger partial charge in [-0.15, -0.1) is 0 Å². The SMILES string of the molecule is COc1ccc2cc(Cc3ccc(F)cc3)oc2c1OC. The van der Waals surface area contributed by atoms with Gasteiger partial charge in [-0.25, -0.2) is 4.39 Å². The lowest BCUT2D eigenvalue weighted by Crippen LogP contribution is -1.90. The molecule has 0 radical (unpaired) electrons. The predicted octanol–water partition coefficient (Wildman–Crippen LogP) is 4.18. The summed E-state index contributed by atoms with van der Waals surface area (Å²) in [5.41, 5.74) is 1.65. The first-order valence-electron chi connectivity index (χ1n) is 6.59. The monoisotopic (exact) mass is 286 g/mol. The maximum absolute atomic E-state index is 12.9. The molecule has 4 heteroatoms. The summed E-state index contributed by atoms with van der Waals surface area (Å²) in [7, 11) is 3.17. The Morgan fingerprint density at radius 1 is 1.00 bits per heavy atom. The first-order valence-corrected chi connectivity index (χ1v) is 6.59. The average Bonchev–Trinajstić information content (AvgIpc) is 2.90. The average molecular weight is 286 g/mol. The third kappa shape index (κ3) is 2.57. The molecule has 0 fully saturated rings. The zero-order valence-corrected chi connectivity index (χ0v) is 11.9. The third-order valence-electron chi connectivity index (χ3n) is 3.37. The summed E-state index contributed by atoms with van der Waals surface area (Å²) in [6.07, 6.45) is 0.598. The number of ether oxygens (including phenoxy) is 2. The second-order valence-corrected chi connectivity index (χ2v) is 4.74. The van der Waals surface area contributed by atoms with E-state index in [2.05, 4.69) is 0 Å². The van der Waals surface area contributed by atoms with Gasteiger partial charge < -0.3 is 13.9 Å². The van der Waals surface area contributed by atoms with Gasteiger partial charge in [0, 0.05) is 11.8 Å². The Labute approximate surface area is 121 Å². The van der Waals surface area contributed by atoms with Gasteiger partial charge in [0.2, 0.25) is 5.75 Å². The summed E-state index contributed by atoms with van der Waals surface area (Å²) in [5, 5.41) is 0.949. The van der Waals surface area contributed by atoms with E-state index in [0.717, 1.165) is 16.7 Å². The van der Waals surface area contributed by atoms with Crippen LogP contribution in [-0.4, -0.2) is 14.2 Å². The minimum Gasteiger partial charge on any atom is -0.493 e. The summed E-state index contributed by atoms with van der Waals surface area (Å²) in [6, 6.07) is 12.1. The Hall–Kier alpha value is -2.49. The van der Waals surface area contributed by atoms with E-state index >= 15 is 0 Å². The van der Waals surface area contributed by atoms with Crippen LogP contribution in [0.25, 0.3) is 11.0 Å². The minimum absolute atomic E-state index is 0.241. The van der Waals surface area contributed by atoms with Crippen LogP contribution in [0.3, 0.4) is 0 Å². The second-order valence-electron chi connectivity index (χ2n) is 4.74. The molecule has 0 bridgehead atoms. The Balaban J connectivity index is 1.99. The van der Waals surface area contributed by atoms with Gasteiger partial charge in [-0.3, -0.25) is 0 Å². The number of rotatable bonds is 4. The molecular formula is C17H15FO3. The fraction of sp³-hybridized carbons (Fsp3) is 0.176. The first-order chi connectivity index (χ1) is 10.2. The van der Waals surface area contributed by atoms with Crippen molar-refractivity contribution in [3.8, 4) is 11.5 Å². The molecule has 1 aromatic heterocycles. The Kier molecular flexibility index (Phi) is 3.52. The molecule has 3 aromatic rings. The summed E-state index contributed by atoms with van der Waals surface area (Å²) in [6.45, 7) is 0. The maximum atomic E-state index is 12.9. The van der Waals surface area contributed by atoms with E-state index in [4.69, 9.17) is 13.9 Å². The molecule has 0 saturated heterocycles. The summed E-state index contributed by atoms with van der Waals surface area (Å²) in [4.78, 5) is 0. The van der Waals surface area contributed by atoms with Crippen molar-refractivity contribution in [2.24, 2.45) is 0 Å². The van der Waals surface area contributed by atoms with Gasteiger partial charge in [0.05, 0.1) is 14.2 Å². The van der Waals surface area contributed by atoms with Gasteiger partial charge in [-0.05, 0) is 35.9 Å². The van der Waals surface area contributed by atoms with E-state index in [1.54, 1.807) is 26.4 Å². The van der Waals surface area contributed by atoms with Crippen LogP contribution in [-0.2, 0) is 6.42 Å². The smallest absolute Gasteiger partial charge is 0.204 e. The molecule has 0 amide bonds. The third-order valence-corrected chi connectivity index (χ3v) is 3.37. The number of hydrogen-bond acceptors (Lipinski definition) is 3. The Morgan fingerprint density at radius 2 is 1.76 bits per heavy atom. The van der Waals surface area contributed by atoms with E-state index < -0.39 is 0 Å². The van der Waals surface area contributed by atoms with E-state index in [0.29, 0.717) is 23.5 Å². The van der Waals surface area contributed by atoms with Crippen LogP contribution in [0.5, 0.6) is 11.5 Å². The second kappa shape index (κ2) is 5.48. The topological polar surface area (TPSA) is 31.6 Å². The normalized spacial score (nSPS) is 10.8. The van der Waals surface area contributed by atoms with Crippen molar-refractivity contribution >= 4 is 11.0 Å². The summed E-state index contributed by atoms with van der Waals surface area (Å²) in [5.74, 6) is 1.77. The molecule has 0 atom stereocenters. The molecule has 0 aliphatic rings. The number of methoxy groups -OCH3 is 2. The van der Waals surface area contributed by atoms with Crippen LogP contribution in [0, 0.1) is 5.82 Å². The molecule has 0 aliphatic heterocycles. The van der Waals surface area contributed by atoms with Crippen LogP contribution in [0.4, 0.5) is 4.39 Å². The van der Waals surface area contributed by atoms with Crippen molar-refractivity contribution in [2.75, 3.05) is 14.2 Å². The molecule has 0 N–H and O–H groups in total. The predicted molar refractivity (Wildman–Crippen MR) is 78.5 cm³/mol. The fourth-order valence-electron chi connectivity index (χ4n) is 2.36. The van der Waals surface area contributed by atoms with Crippen LogP contribution in [0.15, 0.2) is 46.9 Å². The van der Waals surface area contributed by atoms with Crippen molar-refractivity contribution in [2.45, 2.75) is 6.42 Å². The molecule has 21 heavy (non-hydrogen) atoms. The van der Waals surface area contributed by atoms with Crippen LogP contribution < -0.4 is 9.47 Å². The van der Waals surface area contributed by atoms with Crippen molar-refractivity contribution < 1.29 is 18.3 Å². The van der Waals surface area contributed by atoms with Gasteiger partial charge in [-0.1, -0.05) is 12.1 Å². The van der Waals surface area contributed by atoms with Gasteiger partial charge >= 0.3 is 0 Å². The molecule has 3 nitrogen and oxygen atoms in total. The molecular weight excluding hydrogens is 271 g/mol. The number of furan rings is 1. The van der Waals surface area contributed by atoms with Crippen LogP contribution >= 0.6 is 0 Å². The zero-order valence-electron chi connectivity index (χ0n) is 11.9. The van der Waals surface area contributed by atoms with Crippen molar-refractivity contribution in [1.29, 1.82) is 0 Å². The van der Waals surface area contributed by atoms with Crippen molar-refractivity contribution in [1.82, 2.24) is 0 Å². The molecule has 108 valence electrons. The Morgan fingerprint density at radius 3 is 2.43 bits per heavy atom. The largest absolute Gasteiger partial charge is 0.493 e. The number of halogens is 1. The van der Waals surface area contributed by atoms with E-state index in [1.165, 1.54) is 12.1 Å². The highest BCUT2D eigenvalue weighted by Crippen LogP contribution is 2.37. The van der Waals surface area contributed by atoms with Gasteiger partial charge in [0.15, 0.2) is 11.3 Å². The molecule has 0 spiro atoms. The molecule has 0 unspecified atom stereocenters. The van der Waals surface area contributed by atoms with E-state index in [1.807, 2.05) is 18.2 Å². The molecule has 0 aliphatic carbocycles. The number of benzene rings is 2. The van der Waals surface area contributed by atoms with E-state index in [-0.39, 0.29) is 5.82 Å². The zero-order chi connectivity index (χ0) is 14.8. The van der Waals surface area contributed by atoms with Crippen LogP contribution in [0.2, 0.25) is 0 Å². The molecule has 1 heterocycles. The molecule has 2 aromatic carbocycles.